The van der Waals surface area contributed by atoms with Crippen LogP contribution in [0.1, 0.15) is 39.5 Å². The summed E-state index contributed by atoms with van der Waals surface area (Å²) >= 11 is 0. The first kappa shape index (κ1) is 9.41. The molecule has 0 spiro atoms. The molecule has 0 aliphatic carbocycles. The van der Waals surface area contributed by atoms with Crippen LogP contribution in [-0.2, 0) is 4.79 Å². The SMILES string of the molecule is CCCC/C=C(/C=O)CC. The Bertz CT molecular complexity index is 114. The molecule has 0 saturated heterocycles. The Morgan fingerprint density at radius 2 is 2.10 bits per heavy atom. The van der Waals surface area contributed by atoms with Crippen LogP contribution in [0.15, 0.2) is 11.6 Å². The van der Waals surface area contributed by atoms with Crippen molar-refractivity contribution in [2.24, 2.45) is 0 Å². The fraction of sp³-hybridized carbons (Fsp3) is 0.667. The minimum Gasteiger partial charge on any atom is -0.298 e. The van der Waals surface area contributed by atoms with Crippen LogP contribution >= 0.6 is 0 Å². The van der Waals surface area contributed by atoms with Crippen molar-refractivity contribution in [3.63, 3.8) is 0 Å². The molecule has 0 fully saturated rings. The van der Waals surface area contributed by atoms with Gasteiger partial charge in [0.2, 0.25) is 0 Å². The molecule has 0 heterocycles. The van der Waals surface area contributed by atoms with Crippen molar-refractivity contribution >= 4 is 6.29 Å². The first-order chi connectivity index (χ1) is 4.85. The summed E-state index contributed by atoms with van der Waals surface area (Å²) in [5.41, 5.74) is 0.938. The van der Waals surface area contributed by atoms with E-state index in [0.29, 0.717) is 0 Å². The van der Waals surface area contributed by atoms with E-state index in [9.17, 15) is 4.79 Å². The van der Waals surface area contributed by atoms with E-state index in [1.807, 2.05) is 13.0 Å². The molecule has 0 N–H and O–H groups in total. The van der Waals surface area contributed by atoms with Crippen LogP contribution in [0.2, 0.25) is 0 Å². The maximum absolute atomic E-state index is 10.3. The van der Waals surface area contributed by atoms with Crippen LogP contribution in [0.5, 0.6) is 0 Å². The number of allylic oxidation sites excluding steroid dienone is 2. The zero-order chi connectivity index (χ0) is 7.82. The number of hydrogen-bond donors (Lipinski definition) is 0. The van der Waals surface area contributed by atoms with Gasteiger partial charge >= 0.3 is 0 Å². The highest BCUT2D eigenvalue weighted by molar-refractivity contribution is 5.72. The lowest BCUT2D eigenvalue weighted by molar-refractivity contribution is -0.105. The highest BCUT2D eigenvalue weighted by Crippen LogP contribution is 2.01. The smallest absolute Gasteiger partial charge is 0.145 e. The molecule has 10 heavy (non-hydrogen) atoms. The molecule has 0 aromatic rings. The molecule has 0 aliphatic heterocycles. The van der Waals surface area contributed by atoms with E-state index in [0.717, 1.165) is 24.7 Å². The molecule has 1 nitrogen and oxygen atoms in total. The molecular formula is C9H16O. The van der Waals surface area contributed by atoms with Crippen LogP contribution in [-0.4, -0.2) is 6.29 Å². The summed E-state index contributed by atoms with van der Waals surface area (Å²) < 4.78 is 0. The van der Waals surface area contributed by atoms with Gasteiger partial charge in [0.1, 0.15) is 6.29 Å². The molecule has 0 bridgehead atoms. The van der Waals surface area contributed by atoms with E-state index < -0.39 is 0 Å². The number of unbranched alkanes of at least 4 members (excludes halogenated alkanes) is 2. The molecule has 0 unspecified atom stereocenters. The highest BCUT2D eigenvalue weighted by Gasteiger charge is 1.88. The standard InChI is InChI=1S/C9H16O/c1-3-5-6-7-9(4-2)8-10/h7-8H,3-6H2,1-2H3/b9-7+. The quantitative estimate of drug-likeness (QED) is 0.326. The summed E-state index contributed by atoms with van der Waals surface area (Å²) in [5, 5.41) is 0. The fourth-order valence-electron chi connectivity index (χ4n) is 0.767. The largest absolute Gasteiger partial charge is 0.298 e. The summed E-state index contributed by atoms with van der Waals surface area (Å²) in [6.07, 6.45) is 7.31. The van der Waals surface area contributed by atoms with Gasteiger partial charge in [0.25, 0.3) is 0 Å². The van der Waals surface area contributed by atoms with Crippen molar-refractivity contribution in [2.45, 2.75) is 39.5 Å². The third-order valence-electron chi connectivity index (χ3n) is 1.52. The lowest BCUT2D eigenvalue weighted by atomic mass is 10.1. The number of aldehydes is 1. The molecule has 58 valence electrons. The maximum Gasteiger partial charge on any atom is 0.145 e. The van der Waals surface area contributed by atoms with Crippen molar-refractivity contribution in [3.8, 4) is 0 Å². The number of rotatable bonds is 5. The van der Waals surface area contributed by atoms with Gasteiger partial charge in [-0.05, 0) is 18.4 Å². The topological polar surface area (TPSA) is 17.1 Å². The van der Waals surface area contributed by atoms with E-state index >= 15 is 0 Å². The van der Waals surface area contributed by atoms with Gasteiger partial charge in [0.15, 0.2) is 0 Å². The first-order valence-electron chi connectivity index (χ1n) is 3.99. The van der Waals surface area contributed by atoms with Crippen LogP contribution in [0.4, 0.5) is 0 Å². The molecule has 0 radical (unpaired) electrons. The van der Waals surface area contributed by atoms with E-state index in [-0.39, 0.29) is 0 Å². The van der Waals surface area contributed by atoms with Gasteiger partial charge in [-0.2, -0.15) is 0 Å². The Morgan fingerprint density at radius 1 is 1.40 bits per heavy atom. The first-order valence-corrected chi connectivity index (χ1v) is 3.99. The van der Waals surface area contributed by atoms with Crippen LogP contribution < -0.4 is 0 Å². The second-order valence-corrected chi connectivity index (χ2v) is 2.39. The average molecular weight is 140 g/mol. The summed E-state index contributed by atoms with van der Waals surface area (Å²) in [6, 6.07) is 0. The van der Waals surface area contributed by atoms with Crippen LogP contribution in [0.3, 0.4) is 0 Å². The zero-order valence-electron chi connectivity index (χ0n) is 6.89. The molecule has 0 rings (SSSR count). The minimum atomic E-state index is 0.868. The molecule has 1 heteroatoms. The Morgan fingerprint density at radius 3 is 2.50 bits per heavy atom. The van der Waals surface area contributed by atoms with Crippen molar-refractivity contribution in [1.29, 1.82) is 0 Å². The Labute approximate surface area is 63.1 Å². The molecular weight excluding hydrogens is 124 g/mol. The minimum absolute atomic E-state index is 0.868. The third-order valence-corrected chi connectivity index (χ3v) is 1.52. The lowest BCUT2D eigenvalue weighted by Crippen LogP contribution is -1.81. The average Bonchev–Trinajstić information content (AvgIpc) is 1.99. The van der Waals surface area contributed by atoms with Crippen LogP contribution in [0, 0.1) is 0 Å². The molecule has 0 aromatic heterocycles. The zero-order valence-corrected chi connectivity index (χ0v) is 6.89. The van der Waals surface area contributed by atoms with Crippen LogP contribution in [0.25, 0.3) is 0 Å². The second-order valence-electron chi connectivity index (χ2n) is 2.39. The fourth-order valence-corrected chi connectivity index (χ4v) is 0.767. The van der Waals surface area contributed by atoms with E-state index in [1.165, 1.54) is 12.8 Å². The molecule has 0 atom stereocenters. The molecule has 0 aromatic carbocycles. The predicted molar refractivity (Wildman–Crippen MR) is 44.0 cm³/mol. The Kier molecular flexibility index (Phi) is 6.14. The second kappa shape index (κ2) is 6.53. The van der Waals surface area contributed by atoms with Crippen molar-refractivity contribution in [2.75, 3.05) is 0 Å². The third kappa shape index (κ3) is 4.30. The predicted octanol–water partition coefficient (Wildman–Crippen LogP) is 2.71. The number of carbonyl (C=O) groups excluding carboxylic acids is 1. The molecule has 0 saturated carbocycles. The van der Waals surface area contributed by atoms with Crippen molar-refractivity contribution < 1.29 is 4.79 Å². The maximum atomic E-state index is 10.3. The Balaban J connectivity index is 3.53. The Hall–Kier alpha value is -0.590. The van der Waals surface area contributed by atoms with Gasteiger partial charge in [-0.1, -0.05) is 32.8 Å². The van der Waals surface area contributed by atoms with E-state index in [1.54, 1.807) is 0 Å². The van der Waals surface area contributed by atoms with Gasteiger partial charge in [-0.3, -0.25) is 4.79 Å². The van der Waals surface area contributed by atoms with Gasteiger partial charge in [-0.25, -0.2) is 0 Å². The van der Waals surface area contributed by atoms with Crippen molar-refractivity contribution in [1.82, 2.24) is 0 Å². The summed E-state index contributed by atoms with van der Waals surface area (Å²) in [5.74, 6) is 0. The van der Waals surface area contributed by atoms with Gasteiger partial charge < -0.3 is 0 Å². The van der Waals surface area contributed by atoms with Gasteiger partial charge in [-0.15, -0.1) is 0 Å². The molecule has 0 aliphatic rings. The summed E-state index contributed by atoms with van der Waals surface area (Å²) in [4.78, 5) is 10.3. The molecule has 0 amide bonds. The van der Waals surface area contributed by atoms with E-state index in [2.05, 4.69) is 6.92 Å². The monoisotopic (exact) mass is 140 g/mol. The van der Waals surface area contributed by atoms with Crippen molar-refractivity contribution in [3.05, 3.63) is 11.6 Å². The highest BCUT2D eigenvalue weighted by atomic mass is 16.1. The number of carbonyl (C=O) groups is 1. The lowest BCUT2D eigenvalue weighted by Gasteiger charge is -1.92. The summed E-state index contributed by atoms with van der Waals surface area (Å²) in [6.45, 7) is 4.16. The number of hydrogen-bond acceptors (Lipinski definition) is 1. The normalized spacial score (nSPS) is 11.6. The van der Waals surface area contributed by atoms with Gasteiger partial charge in [0, 0.05) is 0 Å². The summed E-state index contributed by atoms with van der Waals surface area (Å²) in [7, 11) is 0. The van der Waals surface area contributed by atoms with Gasteiger partial charge in [0.05, 0.1) is 0 Å². The van der Waals surface area contributed by atoms with E-state index in [4.69, 9.17) is 0 Å².